The van der Waals surface area contributed by atoms with Gasteiger partial charge in [0, 0.05) is 0 Å². The molecule has 0 amide bonds. The van der Waals surface area contributed by atoms with E-state index in [2.05, 4.69) is 32.9 Å². The standard InChI is InChI=1S/C17H24O/c1-10-6-5-7-13(16(10)18)15-9-12-8-14(15)11(2)17(12,3)4/h5-7,11-12,14-15,18H,8-9H2,1-4H3/t11-,12-,14+,15+/m0/s1. The van der Waals surface area contributed by atoms with Crippen molar-refractivity contribution in [3.63, 3.8) is 0 Å². The average molecular weight is 244 g/mol. The highest BCUT2D eigenvalue weighted by Crippen LogP contribution is 2.64. The van der Waals surface area contributed by atoms with E-state index in [0.29, 0.717) is 17.1 Å². The SMILES string of the molecule is Cc1cccc([C@H]2C[C@@H]3C[C@@H]2[C@H](C)C3(C)C)c1O. The Morgan fingerprint density at radius 2 is 1.94 bits per heavy atom. The van der Waals surface area contributed by atoms with Gasteiger partial charge in [-0.3, -0.25) is 0 Å². The lowest BCUT2D eigenvalue weighted by Crippen LogP contribution is -2.32. The van der Waals surface area contributed by atoms with Crippen LogP contribution in [0.4, 0.5) is 0 Å². The van der Waals surface area contributed by atoms with Crippen LogP contribution in [0, 0.1) is 30.1 Å². The molecule has 0 spiro atoms. The Hall–Kier alpha value is -0.980. The number of benzene rings is 1. The number of fused-ring (bicyclic) bond motifs is 2. The molecule has 1 nitrogen and oxygen atoms in total. The zero-order valence-electron chi connectivity index (χ0n) is 11.9. The van der Waals surface area contributed by atoms with E-state index in [1.807, 2.05) is 13.0 Å². The maximum Gasteiger partial charge on any atom is 0.121 e. The predicted molar refractivity (Wildman–Crippen MR) is 74.7 cm³/mol. The quantitative estimate of drug-likeness (QED) is 0.772. The van der Waals surface area contributed by atoms with Crippen LogP contribution in [0.15, 0.2) is 18.2 Å². The molecular formula is C17H24O. The van der Waals surface area contributed by atoms with Crippen LogP contribution < -0.4 is 0 Å². The van der Waals surface area contributed by atoms with Gasteiger partial charge in [-0.2, -0.15) is 0 Å². The topological polar surface area (TPSA) is 20.2 Å². The second-order valence-corrected chi connectivity index (χ2v) is 7.06. The molecule has 1 aromatic rings. The normalized spacial score (nSPS) is 37.1. The second kappa shape index (κ2) is 3.76. The molecule has 4 atom stereocenters. The van der Waals surface area contributed by atoms with Crippen LogP contribution in [-0.2, 0) is 0 Å². The van der Waals surface area contributed by atoms with E-state index in [-0.39, 0.29) is 0 Å². The van der Waals surface area contributed by atoms with E-state index < -0.39 is 0 Å². The second-order valence-electron chi connectivity index (χ2n) is 7.06. The number of rotatable bonds is 1. The monoisotopic (exact) mass is 244 g/mol. The van der Waals surface area contributed by atoms with Gasteiger partial charge in [-0.25, -0.2) is 0 Å². The van der Waals surface area contributed by atoms with Gasteiger partial charge in [-0.1, -0.05) is 39.0 Å². The summed E-state index contributed by atoms with van der Waals surface area (Å²) in [6, 6.07) is 6.22. The minimum Gasteiger partial charge on any atom is -0.507 e. The fraction of sp³-hybridized carbons (Fsp3) is 0.647. The summed E-state index contributed by atoms with van der Waals surface area (Å²) in [4.78, 5) is 0. The summed E-state index contributed by atoms with van der Waals surface area (Å²) in [6.07, 6.45) is 2.62. The molecule has 0 radical (unpaired) electrons. The molecule has 1 N–H and O–H groups in total. The molecular weight excluding hydrogens is 220 g/mol. The van der Waals surface area contributed by atoms with Gasteiger partial charge in [0.15, 0.2) is 0 Å². The molecule has 0 saturated heterocycles. The van der Waals surface area contributed by atoms with E-state index in [4.69, 9.17) is 0 Å². The minimum absolute atomic E-state index is 0.487. The highest BCUT2D eigenvalue weighted by molar-refractivity contribution is 5.43. The number of aryl methyl sites for hydroxylation is 1. The summed E-state index contributed by atoms with van der Waals surface area (Å²) in [6.45, 7) is 9.26. The first-order chi connectivity index (χ1) is 8.43. The molecule has 0 aliphatic heterocycles. The maximum absolute atomic E-state index is 10.3. The minimum atomic E-state index is 0.487. The summed E-state index contributed by atoms with van der Waals surface area (Å²) in [5.41, 5.74) is 2.70. The Morgan fingerprint density at radius 3 is 2.56 bits per heavy atom. The lowest BCUT2D eigenvalue weighted by atomic mass is 9.65. The molecule has 0 heterocycles. The Morgan fingerprint density at radius 1 is 1.22 bits per heavy atom. The van der Waals surface area contributed by atoms with Crippen molar-refractivity contribution in [2.45, 2.75) is 46.5 Å². The van der Waals surface area contributed by atoms with E-state index in [0.717, 1.165) is 23.3 Å². The van der Waals surface area contributed by atoms with Gasteiger partial charge in [0.2, 0.25) is 0 Å². The summed E-state index contributed by atoms with van der Waals surface area (Å²) < 4.78 is 0. The molecule has 0 unspecified atom stereocenters. The van der Waals surface area contributed by atoms with Crippen molar-refractivity contribution < 1.29 is 5.11 Å². The highest BCUT2D eigenvalue weighted by Gasteiger charge is 2.55. The Bertz CT molecular complexity index is 470. The molecule has 18 heavy (non-hydrogen) atoms. The first-order valence-corrected chi connectivity index (χ1v) is 7.21. The zero-order valence-corrected chi connectivity index (χ0v) is 11.9. The van der Waals surface area contributed by atoms with Gasteiger partial charge in [-0.15, -0.1) is 0 Å². The number of hydrogen-bond donors (Lipinski definition) is 1. The van der Waals surface area contributed by atoms with Crippen LogP contribution in [0.1, 0.15) is 50.7 Å². The molecule has 2 fully saturated rings. The lowest BCUT2D eigenvalue weighted by Gasteiger charge is -2.40. The zero-order chi connectivity index (χ0) is 13.1. The highest BCUT2D eigenvalue weighted by atomic mass is 16.3. The van der Waals surface area contributed by atoms with Crippen LogP contribution in [0.25, 0.3) is 0 Å². The summed E-state index contributed by atoms with van der Waals surface area (Å²) in [5, 5.41) is 10.3. The van der Waals surface area contributed by atoms with Crippen LogP contribution in [0.5, 0.6) is 5.75 Å². The van der Waals surface area contributed by atoms with Gasteiger partial charge in [-0.05, 0) is 60.0 Å². The van der Waals surface area contributed by atoms with Gasteiger partial charge >= 0.3 is 0 Å². The predicted octanol–water partition coefficient (Wildman–Crippen LogP) is 4.49. The van der Waals surface area contributed by atoms with Gasteiger partial charge in [0.05, 0.1) is 0 Å². The van der Waals surface area contributed by atoms with Crippen LogP contribution in [0.3, 0.4) is 0 Å². The van der Waals surface area contributed by atoms with Crippen molar-refractivity contribution in [2.24, 2.45) is 23.2 Å². The number of phenolic OH excluding ortho intramolecular Hbond substituents is 1. The van der Waals surface area contributed by atoms with E-state index in [1.54, 1.807) is 0 Å². The number of aromatic hydroxyl groups is 1. The van der Waals surface area contributed by atoms with Crippen molar-refractivity contribution in [3.05, 3.63) is 29.3 Å². The fourth-order valence-electron chi connectivity index (χ4n) is 4.49. The molecule has 2 aliphatic rings. The number of hydrogen-bond acceptors (Lipinski definition) is 1. The van der Waals surface area contributed by atoms with Crippen molar-refractivity contribution >= 4 is 0 Å². The molecule has 98 valence electrons. The summed E-state index contributed by atoms with van der Waals surface area (Å²) >= 11 is 0. The van der Waals surface area contributed by atoms with Crippen molar-refractivity contribution in [2.75, 3.05) is 0 Å². The number of para-hydroxylation sites is 1. The average Bonchev–Trinajstić information content (AvgIpc) is 2.83. The van der Waals surface area contributed by atoms with Gasteiger partial charge in [0.1, 0.15) is 5.75 Å². The summed E-state index contributed by atoms with van der Waals surface area (Å²) in [5.74, 6) is 3.49. The largest absolute Gasteiger partial charge is 0.507 e. The molecule has 1 heteroatoms. The number of phenols is 1. The molecule has 3 rings (SSSR count). The molecule has 2 bridgehead atoms. The first-order valence-electron chi connectivity index (χ1n) is 7.21. The fourth-order valence-corrected chi connectivity index (χ4v) is 4.49. The van der Waals surface area contributed by atoms with E-state index >= 15 is 0 Å². The van der Waals surface area contributed by atoms with Crippen LogP contribution in [0.2, 0.25) is 0 Å². The smallest absolute Gasteiger partial charge is 0.121 e. The molecule has 2 aliphatic carbocycles. The third-order valence-electron chi connectivity index (χ3n) is 6.15. The Kier molecular flexibility index (Phi) is 2.52. The maximum atomic E-state index is 10.3. The van der Waals surface area contributed by atoms with E-state index in [1.165, 1.54) is 18.4 Å². The Labute approximate surface area is 110 Å². The van der Waals surface area contributed by atoms with Crippen molar-refractivity contribution in [1.82, 2.24) is 0 Å². The lowest BCUT2D eigenvalue weighted by molar-refractivity contribution is 0.121. The third kappa shape index (κ3) is 1.46. The first kappa shape index (κ1) is 12.1. The molecule has 2 saturated carbocycles. The van der Waals surface area contributed by atoms with Crippen LogP contribution >= 0.6 is 0 Å². The van der Waals surface area contributed by atoms with Crippen molar-refractivity contribution in [3.8, 4) is 5.75 Å². The van der Waals surface area contributed by atoms with Crippen LogP contribution in [-0.4, -0.2) is 5.11 Å². The molecule has 0 aromatic heterocycles. The Balaban J connectivity index is 1.96. The van der Waals surface area contributed by atoms with Crippen molar-refractivity contribution in [1.29, 1.82) is 0 Å². The summed E-state index contributed by atoms with van der Waals surface area (Å²) in [7, 11) is 0. The van der Waals surface area contributed by atoms with E-state index in [9.17, 15) is 5.11 Å². The van der Waals surface area contributed by atoms with Gasteiger partial charge < -0.3 is 5.11 Å². The van der Waals surface area contributed by atoms with Gasteiger partial charge in [0.25, 0.3) is 0 Å². The third-order valence-corrected chi connectivity index (χ3v) is 6.15. The molecule has 1 aromatic carbocycles.